The first-order valence-electron chi connectivity index (χ1n) is 5.75. The lowest BCUT2D eigenvalue weighted by atomic mass is 10.1. The molecule has 2 aromatic rings. The number of fused-ring (bicyclic) bond motifs is 1. The minimum absolute atomic E-state index is 0.324. The molecule has 2 aromatic heterocycles. The van der Waals surface area contributed by atoms with E-state index in [2.05, 4.69) is 4.98 Å². The summed E-state index contributed by atoms with van der Waals surface area (Å²) in [5, 5.41) is 29.7. The zero-order valence-corrected chi connectivity index (χ0v) is 9.55. The Morgan fingerprint density at radius 3 is 2.83 bits per heavy atom. The summed E-state index contributed by atoms with van der Waals surface area (Å²) >= 11 is 0. The fraction of sp³-hybridized carbons (Fsp3) is 0.417. The maximum atomic E-state index is 9.97. The van der Waals surface area contributed by atoms with Crippen LogP contribution < -0.4 is 0 Å². The Labute approximate surface area is 103 Å². The van der Waals surface area contributed by atoms with E-state index in [9.17, 15) is 10.2 Å². The molecule has 0 spiro atoms. The summed E-state index contributed by atoms with van der Waals surface area (Å²) in [6, 6.07) is 3.67. The van der Waals surface area contributed by atoms with Crippen LogP contribution in [0.2, 0.25) is 0 Å². The van der Waals surface area contributed by atoms with Crippen molar-refractivity contribution < 1.29 is 20.1 Å². The van der Waals surface area contributed by atoms with Gasteiger partial charge in [0.1, 0.15) is 18.3 Å². The van der Waals surface area contributed by atoms with Gasteiger partial charge in [-0.25, -0.2) is 0 Å². The predicted molar refractivity (Wildman–Crippen MR) is 62.7 cm³/mol. The Balaban J connectivity index is 2.00. The van der Waals surface area contributed by atoms with Gasteiger partial charge in [0, 0.05) is 24.0 Å². The molecule has 3 N–H and O–H groups in total. The van der Waals surface area contributed by atoms with E-state index < -0.39 is 24.5 Å². The number of aromatic nitrogens is 2. The molecule has 0 saturated carbocycles. The van der Waals surface area contributed by atoms with Gasteiger partial charge in [0.2, 0.25) is 0 Å². The highest BCUT2D eigenvalue weighted by atomic mass is 16.6. The summed E-state index contributed by atoms with van der Waals surface area (Å²) in [5.74, 6) is 0. The number of rotatable bonds is 2. The first kappa shape index (κ1) is 11.6. The Bertz CT molecular complexity index is 556. The van der Waals surface area contributed by atoms with Gasteiger partial charge in [0.25, 0.3) is 0 Å². The molecule has 1 unspecified atom stereocenters. The number of hydrogen-bond donors (Lipinski definition) is 3. The number of nitrogens with zero attached hydrogens (tertiary/aromatic N) is 2. The van der Waals surface area contributed by atoms with Crippen LogP contribution in [0.25, 0.3) is 10.9 Å². The molecule has 0 bridgehead atoms. The second-order valence-corrected chi connectivity index (χ2v) is 4.39. The summed E-state index contributed by atoms with van der Waals surface area (Å²) < 4.78 is 7.22. The second kappa shape index (κ2) is 4.33. The van der Waals surface area contributed by atoms with E-state index in [1.807, 2.05) is 12.1 Å². The highest BCUT2D eigenvalue weighted by Crippen LogP contribution is 2.32. The van der Waals surface area contributed by atoms with Gasteiger partial charge >= 0.3 is 0 Å². The second-order valence-electron chi connectivity index (χ2n) is 4.39. The van der Waals surface area contributed by atoms with Crippen molar-refractivity contribution in [2.24, 2.45) is 0 Å². The van der Waals surface area contributed by atoms with E-state index in [1.165, 1.54) is 0 Å². The standard InChI is InChI=1S/C12H14N2O4/c15-6-9-10(16)11(17)12(18-9)14-4-2-7-5-13-3-1-8(7)14/h1-5,9-12,15-17H,6H2/t9-,10?,11+,12-/m1/s1. The van der Waals surface area contributed by atoms with Crippen molar-refractivity contribution in [2.75, 3.05) is 6.61 Å². The third-order valence-electron chi connectivity index (χ3n) is 3.31. The molecule has 1 fully saturated rings. The molecular formula is C12H14N2O4. The quantitative estimate of drug-likeness (QED) is 0.678. The van der Waals surface area contributed by atoms with Crippen molar-refractivity contribution >= 4 is 10.9 Å². The summed E-state index contributed by atoms with van der Waals surface area (Å²) in [6.07, 6.45) is 1.53. The average Bonchev–Trinajstić information content (AvgIpc) is 2.93. The van der Waals surface area contributed by atoms with Crippen molar-refractivity contribution in [1.82, 2.24) is 9.55 Å². The molecular weight excluding hydrogens is 236 g/mol. The molecule has 3 heterocycles. The van der Waals surface area contributed by atoms with Crippen LogP contribution in [0.15, 0.2) is 30.7 Å². The molecule has 0 aromatic carbocycles. The van der Waals surface area contributed by atoms with Gasteiger partial charge in [-0.1, -0.05) is 0 Å². The fourth-order valence-electron chi connectivity index (χ4n) is 2.34. The summed E-state index contributed by atoms with van der Waals surface area (Å²) in [6.45, 7) is -0.324. The molecule has 1 aliphatic rings. The molecule has 1 aliphatic heterocycles. The van der Waals surface area contributed by atoms with Crippen molar-refractivity contribution in [3.05, 3.63) is 30.7 Å². The molecule has 0 radical (unpaired) electrons. The predicted octanol–water partition coefficient (Wildman–Crippen LogP) is -0.352. The summed E-state index contributed by atoms with van der Waals surface area (Å²) in [7, 11) is 0. The third kappa shape index (κ3) is 1.62. The third-order valence-corrected chi connectivity index (χ3v) is 3.31. The highest BCUT2D eigenvalue weighted by molar-refractivity contribution is 5.78. The Kier molecular flexibility index (Phi) is 2.79. The number of pyridine rings is 1. The van der Waals surface area contributed by atoms with Crippen LogP contribution in [0.1, 0.15) is 6.23 Å². The van der Waals surface area contributed by atoms with Gasteiger partial charge in [0.05, 0.1) is 12.1 Å². The normalized spacial score (nSPS) is 32.2. The largest absolute Gasteiger partial charge is 0.394 e. The lowest BCUT2D eigenvalue weighted by Crippen LogP contribution is -2.33. The average molecular weight is 250 g/mol. The Morgan fingerprint density at radius 1 is 1.28 bits per heavy atom. The van der Waals surface area contributed by atoms with Crippen LogP contribution in [0.5, 0.6) is 0 Å². The molecule has 6 heteroatoms. The van der Waals surface area contributed by atoms with Gasteiger partial charge in [-0.15, -0.1) is 0 Å². The molecule has 3 rings (SSSR count). The van der Waals surface area contributed by atoms with Crippen LogP contribution in [0.4, 0.5) is 0 Å². The highest BCUT2D eigenvalue weighted by Gasteiger charge is 2.43. The van der Waals surface area contributed by atoms with E-state index in [1.54, 1.807) is 23.2 Å². The SMILES string of the molecule is OC[C@H]1O[C@@H](n2ccc3cnccc32)[C@@H](O)C1O. The van der Waals surface area contributed by atoms with E-state index in [-0.39, 0.29) is 6.61 Å². The lowest BCUT2D eigenvalue weighted by Gasteiger charge is -2.17. The smallest absolute Gasteiger partial charge is 0.163 e. The van der Waals surface area contributed by atoms with E-state index in [0.29, 0.717) is 0 Å². The fourth-order valence-corrected chi connectivity index (χ4v) is 2.34. The monoisotopic (exact) mass is 250 g/mol. The van der Waals surface area contributed by atoms with Crippen LogP contribution in [-0.2, 0) is 4.74 Å². The van der Waals surface area contributed by atoms with E-state index >= 15 is 0 Å². The topological polar surface area (TPSA) is 87.7 Å². The Morgan fingerprint density at radius 2 is 2.11 bits per heavy atom. The van der Waals surface area contributed by atoms with Crippen molar-refractivity contribution in [3.8, 4) is 0 Å². The van der Waals surface area contributed by atoms with Crippen LogP contribution in [-0.4, -0.2) is 49.8 Å². The summed E-state index contributed by atoms with van der Waals surface area (Å²) in [4.78, 5) is 4.01. The van der Waals surface area contributed by atoms with Crippen molar-refractivity contribution in [2.45, 2.75) is 24.5 Å². The molecule has 18 heavy (non-hydrogen) atoms. The number of hydrogen-bond acceptors (Lipinski definition) is 5. The number of aliphatic hydroxyl groups excluding tert-OH is 3. The maximum absolute atomic E-state index is 9.97. The van der Waals surface area contributed by atoms with E-state index in [0.717, 1.165) is 10.9 Å². The molecule has 1 saturated heterocycles. The van der Waals surface area contributed by atoms with Crippen molar-refractivity contribution in [3.63, 3.8) is 0 Å². The number of ether oxygens (including phenoxy) is 1. The molecule has 0 amide bonds. The van der Waals surface area contributed by atoms with E-state index in [4.69, 9.17) is 9.84 Å². The van der Waals surface area contributed by atoms with Gasteiger partial charge in [-0.2, -0.15) is 0 Å². The lowest BCUT2D eigenvalue weighted by molar-refractivity contribution is -0.0506. The summed E-state index contributed by atoms with van der Waals surface area (Å²) in [5.41, 5.74) is 0.861. The van der Waals surface area contributed by atoms with Gasteiger partial charge in [0.15, 0.2) is 6.23 Å². The zero-order chi connectivity index (χ0) is 12.7. The first-order valence-corrected chi connectivity index (χ1v) is 5.75. The molecule has 0 aliphatic carbocycles. The zero-order valence-electron chi connectivity index (χ0n) is 9.55. The van der Waals surface area contributed by atoms with Gasteiger partial charge < -0.3 is 24.6 Å². The van der Waals surface area contributed by atoms with Crippen LogP contribution >= 0.6 is 0 Å². The van der Waals surface area contributed by atoms with Gasteiger partial charge in [-0.3, -0.25) is 4.98 Å². The van der Waals surface area contributed by atoms with Crippen LogP contribution in [0, 0.1) is 0 Å². The maximum Gasteiger partial charge on any atom is 0.163 e. The Hall–Kier alpha value is -1.47. The minimum atomic E-state index is -1.08. The molecule has 6 nitrogen and oxygen atoms in total. The minimum Gasteiger partial charge on any atom is -0.394 e. The van der Waals surface area contributed by atoms with Crippen LogP contribution in [0.3, 0.4) is 0 Å². The van der Waals surface area contributed by atoms with Gasteiger partial charge in [-0.05, 0) is 12.1 Å². The first-order chi connectivity index (χ1) is 8.72. The molecule has 4 atom stereocenters. The van der Waals surface area contributed by atoms with Crippen molar-refractivity contribution in [1.29, 1.82) is 0 Å². The molecule has 96 valence electrons. The number of aliphatic hydroxyl groups is 3.